The first kappa shape index (κ1) is 23.8. The summed E-state index contributed by atoms with van der Waals surface area (Å²) in [4.78, 5) is 20.2. The number of nitrogens with zero attached hydrogens (tertiary/aromatic N) is 5. The van der Waals surface area contributed by atoms with E-state index in [1.807, 2.05) is 48.5 Å². The molecule has 2 aromatic heterocycles. The number of H-pyrrole nitrogens is 1. The van der Waals surface area contributed by atoms with Gasteiger partial charge in [-0.05, 0) is 33.5 Å². The Balaban J connectivity index is 0.00000306. The van der Waals surface area contributed by atoms with Crippen molar-refractivity contribution >= 4 is 24.2 Å². The maximum Gasteiger partial charge on any atom is 0.341 e. The zero-order valence-electron chi connectivity index (χ0n) is 18.0. The fraction of sp³-hybridized carbons (Fsp3) is 0.217. The number of unbranched alkanes of at least 4 members (excludes halogenated alkanes) is 1. The third-order valence-electron chi connectivity index (χ3n) is 5.08. The average Bonchev–Trinajstić information content (AvgIpc) is 3.36. The molecule has 2 heterocycles. The molecule has 2 aromatic carbocycles. The number of carbonyl (C=O) groups is 1. The van der Waals surface area contributed by atoms with E-state index in [-0.39, 0.29) is 18.0 Å². The number of aromatic nitrogens is 6. The Morgan fingerprint density at radius 2 is 1.85 bits per heavy atom. The van der Waals surface area contributed by atoms with Crippen molar-refractivity contribution in [3.05, 3.63) is 71.7 Å². The first-order valence-electron chi connectivity index (χ1n) is 10.4. The molecular weight excluding hydrogens is 442 g/mol. The highest BCUT2D eigenvalue weighted by Gasteiger charge is 2.14. The van der Waals surface area contributed by atoms with Crippen molar-refractivity contribution in [3.63, 3.8) is 0 Å². The lowest BCUT2D eigenvalue weighted by atomic mass is 9.98. The molecule has 0 bridgehead atoms. The highest BCUT2D eigenvalue weighted by molar-refractivity contribution is 5.92. The first-order chi connectivity index (χ1) is 15.7. The van der Waals surface area contributed by atoms with Gasteiger partial charge in [-0.15, -0.1) is 17.5 Å². The average molecular weight is 466 g/mol. The van der Waals surface area contributed by atoms with E-state index in [0.717, 1.165) is 41.5 Å². The van der Waals surface area contributed by atoms with Gasteiger partial charge in [0.2, 0.25) is 0 Å². The number of aromatic amines is 1. The molecule has 0 aliphatic carbocycles. The van der Waals surface area contributed by atoms with Gasteiger partial charge in [-0.3, -0.25) is 0 Å². The summed E-state index contributed by atoms with van der Waals surface area (Å²) in [7, 11) is 0. The lowest BCUT2D eigenvalue weighted by molar-refractivity contribution is 0.0697. The maximum atomic E-state index is 11.6. The molecule has 33 heavy (non-hydrogen) atoms. The van der Waals surface area contributed by atoms with Crippen LogP contribution in [-0.4, -0.2) is 41.7 Å². The summed E-state index contributed by atoms with van der Waals surface area (Å²) in [5.41, 5.74) is 4.01. The summed E-state index contributed by atoms with van der Waals surface area (Å²) in [6.07, 6.45) is 4.08. The molecule has 0 fully saturated rings. The van der Waals surface area contributed by atoms with Crippen LogP contribution in [-0.2, 0) is 13.0 Å². The summed E-state index contributed by atoms with van der Waals surface area (Å²) in [5, 5.41) is 26.8. The highest BCUT2D eigenvalue weighted by atomic mass is 35.5. The van der Waals surface area contributed by atoms with Crippen LogP contribution in [0.3, 0.4) is 0 Å². The van der Waals surface area contributed by atoms with Crippen molar-refractivity contribution in [2.24, 2.45) is 0 Å². The van der Waals surface area contributed by atoms with Gasteiger partial charge in [0, 0.05) is 24.7 Å². The van der Waals surface area contributed by atoms with E-state index in [1.165, 1.54) is 6.20 Å². The SMILES string of the molecule is CCCCc1ncc(C(=O)O)c(NCc2ccc(-c3ccccc3-c3nnn[nH]3)cc2)n1.Cl. The van der Waals surface area contributed by atoms with Crippen LogP contribution in [0, 0.1) is 0 Å². The van der Waals surface area contributed by atoms with Crippen LogP contribution in [0.15, 0.2) is 54.7 Å². The number of hydrogen-bond donors (Lipinski definition) is 3. The Labute approximate surface area is 197 Å². The minimum atomic E-state index is -1.05. The Kier molecular flexibility index (Phi) is 8.04. The predicted octanol–water partition coefficient (Wildman–Crippen LogP) is 4.40. The van der Waals surface area contributed by atoms with Gasteiger partial charge in [-0.25, -0.2) is 19.9 Å². The number of aromatic carboxylic acids is 1. The largest absolute Gasteiger partial charge is 0.477 e. The van der Waals surface area contributed by atoms with E-state index in [1.54, 1.807) is 0 Å². The smallest absolute Gasteiger partial charge is 0.341 e. The molecule has 0 aliphatic heterocycles. The van der Waals surface area contributed by atoms with Gasteiger partial charge in [0.05, 0.1) is 0 Å². The van der Waals surface area contributed by atoms with E-state index in [9.17, 15) is 9.90 Å². The third kappa shape index (κ3) is 5.69. The Bertz CT molecular complexity index is 1200. The van der Waals surface area contributed by atoms with Gasteiger partial charge in [-0.1, -0.05) is 61.9 Å². The summed E-state index contributed by atoms with van der Waals surface area (Å²) in [6.45, 7) is 2.54. The molecule has 10 heteroatoms. The topological polar surface area (TPSA) is 130 Å². The molecule has 3 N–H and O–H groups in total. The van der Waals surface area contributed by atoms with Gasteiger partial charge in [0.15, 0.2) is 5.82 Å². The van der Waals surface area contributed by atoms with Crippen molar-refractivity contribution in [1.82, 2.24) is 30.6 Å². The van der Waals surface area contributed by atoms with E-state index >= 15 is 0 Å². The van der Waals surface area contributed by atoms with E-state index in [4.69, 9.17) is 0 Å². The monoisotopic (exact) mass is 465 g/mol. The van der Waals surface area contributed by atoms with Crippen molar-refractivity contribution in [2.45, 2.75) is 32.7 Å². The summed E-state index contributed by atoms with van der Waals surface area (Å²) < 4.78 is 0. The number of tetrazole rings is 1. The zero-order chi connectivity index (χ0) is 22.3. The van der Waals surface area contributed by atoms with E-state index < -0.39 is 5.97 Å². The van der Waals surface area contributed by atoms with Gasteiger partial charge in [0.25, 0.3) is 0 Å². The van der Waals surface area contributed by atoms with Crippen LogP contribution in [0.4, 0.5) is 5.82 Å². The van der Waals surface area contributed by atoms with Crippen molar-refractivity contribution in [1.29, 1.82) is 0 Å². The number of carboxylic acid groups (broad SMARTS) is 1. The molecule has 0 saturated carbocycles. The number of rotatable bonds is 9. The van der Waals surface area contributed by atoms with Crippen LogP contribution >= 0.6 is 12.4 Å². The Morgan fingerprint density at radius 3 is 2.52 bits per heavy atom. The lowest BCUT2D eigenvalue weighted by Gasteiger charge is -2.11. The second-order valence-electron chi connectivity index (χ2n) is 7.30. The number of benzene rings is 2. The number of nitrogens with one attached hydrogen (secondary N) is 2. The fourth-order valence-electron chi connectivity index (χ4n) is 3.37. The molecule has 0 amide bonds. The third-order valence-corrected chi connectivity index (χ3v) is 5.08. The zero-order valence-corrected chi connectivity index (χ0v) is 18.8. The van der Waals surface area contributed by atoms with Crippen LogP contribution in [0.2, 0.25) is 0 Å². The van der Waals surface area contributed by atoms with Gasteiger partial charge in [0.1, 0.15) is 17.2 Å². The molecule has 0 radical (unpaired) electrons. The summed E-state index contributed by atoms with van der Waals surface area (Å²) in [6, 6.07) is 15.9. The molecule has 0 unspecified atom stereocenters. The molecule has 4 rings (SSSR count). The quantitative estimate of drug-likeness (QED) is 0.331. The number of halogens is 1. The minimum Gasteiger partial charge on any atom is -0.477 e. The van der Waals surface area contributed by atoms with Crippen molar-refractivity contribution < 1.29 is 9.90 Å². The standard InChI is InChI=1S/C23H23N7O2.ClH/c1-2-3-8-20-24-14-19(23(31)32)21(26-20)25-13-15-9-11-16(12-10-15)17-6-4-5-7-18(17)22-27-29-30-28-22;/h4-7,9-12,14H,2-3,8,13H2,1H3,(H,31,32)(H,24,25,26)(H,27,28,29,30);1H. The molecular formula is C23H24ClN7O2. The first-order valence-corrected chi connectivity index (χ1v) is 10.4. The minimum absolute atomic E-state index is 0. The molecule has 9 nitrogen and oxygen atoms in total. The normalized spacial score (nSPS) is 10.5. The lowest BCUT2D eigenvalue weighted by Crippen LogP contribution is -2.11. The van der Waals surface area contributed by atoms with Gasteiger partial charge in [-0.2, -0.15) is 0 Å². The maximum absolute atomic E-state index is 11.6. The van der Waals surface area contributed by atoms with Crippen molar-refractivity contribution in [3.8, 4) is 22.5 Å². The van der Waals surface area contributed by atoms with Crippen LogP contribution in [0.5, 0.6) is 0 Å². The number of carboxylic acids is 1. The van der Waals surface area contributed by atoms with Gasteiger partial charge < -0.3 is 10.4 Å². The number of anilines is 1. The van der Waals surface area contributed by atoms with Crippen LogP contribution < -0.4 is 5.32 Å². The molecule has 0 saturated heterocycles. The Hall–Kier alpha value is -3.85. The molecule has 4 aromatic rings. The predicted molar refractivity (Wildman–Crippen MR) is 127 cm³/mol. The van der Waals surface area contributed by atoms with E-state index in [0.29, 0.717) is 24.0 Å². The van der Waals surface area contributed by atoms with Gasteiger partial charge >= 0.3 is 5.97 Å². The van der Waals surface area contributed by atoms with E-state index in [2.05, 4.69) is 42.8 Å². The summed E-state index contributed by atoms with van der Waals surface area (Å²) in [5.74, 6) is 0.539. The number of aryl methyl sites for hydroxylation is 1. The molecule has 0 atom stereocenters. The second-order valence-corrected chi connectivity index (χ2v) is 7.30. The molecule has 0 spiro atoms. The molecule has 0 aliphatic rings. The second kappa shape index (κ2) is 11.1. The summed E-state index contributed by atoms with van der Waals surface area (Å²) >= 11 is 0. The van der Waals surface area contributed by atoms with Crippen molar-refractivity contribution in [2.75, 3.05) is 5.32 Å². The van der Waals surface area contributed by atoms with Crippen LogP contribution in [0.25, 0.3) is 22.5 Å². The fourth-order valence-corrected chi connectivity index (χ4v) is 3.37. The molecule has 170 valence electrons. The van der Waals surface area contributed by atoms with Crippen LogP contribution in [0.1, 0.15) is 41.5 Å². The highest BCUT2D eigenvalue weighted by Crippen LogP contribution is 2.29. The Morgan fingerprint density at radius 1 is 1.09 bits per heavy atom. The number of hydrogen-bond acceptors (Lipinski definition) is 7.